The molecule has 21 heavy (non-hydrogen) atoms. The summed E-state index contributed by atoms with van der Waals surface area (Å²) in [5, 5.41) is 18.7. The molecule has 0 bridgehead atoms. The van der Waals surface area contributed by atoms with Crippen LogP contribution in [0.15, 0.2) is 57.9 Å². The quantitative estimate of drug-likeness (QED) is 0.781. The summed E-state index contributed by atoms with van der Waals surface area (Å²) in [4.78, 5) is 12.4. The van der Waals surface area contributed by atoms with E-state index >= 15 is 0 Å². The zero-order chi connectivity index (χ0) is 14.8. The largest absolute Gasteiger partial charge is 0.508 e. The number of rotatable bonds is 2. The normalized spacial score (nSPS) is 10.4. The summed E-state index contributed by atoms with van der Waals surface area (Å²) >= 11 is 0. The van der Waals surface area contributed by atoms with E-state index in [0.29, 0.717) is 28.5 Å². The molecule has 0 saturated carbocycles. The molecule has 0 aliphatic carbocycles. The molecule has 2 aromatic carbocycles. The Bertz CT molecular complexity index is 919. The van der Waals surface area contributed by atoms with Crippen LogP contribution in [0.2, 0.25) is 0 Å². The van der Waals surface area contributed by atoms with Gasteiger partial charge in [-0.15, -0.1) is 0 Å². The Morgan fingerprint density at radius 1 is 1.19 bits per heavy atom. The molecule has 0 amide bonds. The first-order valence-electron chi connectivity index (χ1n) is 6.40. The summed E-state index contributed by atoms with van der Waals surface area (Å²) in [6.45, 7) is 0. The SMILES string of the molecule is N#Cc1cccc(Cc2coc3cc(O)ccc3c2=O)c1. The van der Waals surface area contributed by atoms with Gasteiger partial charge in [0.15, 0.2) is 5.43 Å². The lowest BCUT2D eigenvalue weighted by Gasteiger charge is -2.03. The van der Waals surface area contributed by atoms with Crippen LogP contribution >= 0.6 is 0 Å². The van der Waals surface area contributed by atoms with Crippen LogP contribution in [0.5, 0.6) is 5.75 Å². The first-order valence-corrected chi connectivity index (χ1v) is 6.40. The Morgan fingerprint density at radius 2 is 2.05 bits per heavy atom. The Hall–Kier alpha value is -3.06. The average molecular weight is 277 g/mol. The number of fused-ring (bicyclic) bond motifs is 1. The molecule has 4 nitrogen and oxygen atoms in total. The van der Waals surface area contributed by atoms with Crippen LogP contribution in [-0.2, 0) is 6.42 Å². The second kappa shape index (κ2) is 5.14. The van der Waals surface area contributed by atoms with Crippen LogP contribution in [-0.4, -0.2) is 5.11 Å². The van der Waals surface area contributed by atoms with Crippen LogP contribution in [0, 0.1) is 11.3 Å². The van der Waals surface area contributed by atoms with Crippen molar-refractivity contribution in [1.29, 1.82) is 5.26 Å². The first-order chi connectivity index (χ1) is 10.2. The molecular formula is C17H11NO3. The molecule has 4 heteroatoms. The first kappa shape index (κ1) is 12.9. The average Bonchev–Trinajstić information content (AvgIpc) is 2.50. The minimum absolute atomic E-state index is 0.0557. The van der Waals surface area contributed by atoms with E-state index in [2.05, 4.69) is 6.07 Å². The minimum atomic E-state index is -0.126. The summed E-state index contributed by atoms with van der Waals surface area (Å²) in [5.41, 5.74) is 2.18. The number of hydrogen-bond donors (Lipinski definition) is 1. The van der Waals surface area contributed by atoms with Crippen molar-refractivity contribution in [3.63, 3.8) is 0 Å². The van der Waals surface area contributed by atoms with E-state index in [-0.39, 0.29) is 11.2 Å². The number of phenols is 1. The molecule has 0 aliphatic heterocycles. The maximum Gasteiger partial charge on any atom is 0.196 e. The zero-order valence-corrected chi connectivity index (χ0v) is 11.0. The number of nitrogens with zero attached hydrogens (tertiary/aromatic N) is 1. The molecule has 1 aromatic heterocycles. The fraction of sp³-hybridized carbons (Fsp3) is 0.0588. The van der Waals surface area contributed by atoms with Crippen molar-refractivity contribution in [2.45, 2.75) is 6.42 Å². The zero-order valence-electron chi connectivity index (χ0n) is 11.0. The van der Waals surface area contributed by atoms with Crippen molar-refractivity contribution < 1.29 is 9.52 Å². The van der Waals surface area contributed by atoms with E-state index < -0.39 is 0 Å². The van der Waals surface area contributed by atoms with E-state index in [1.165, 1.54) is 18.4 Å². The van der Waals surface area contributed by atoms with E-state index in [9.17, 15) is 9.90 Å². The maximum atomic E-state index is 12.4. The van der Waals surface area contributed by atoms with Crippen LogP contribution in [0.4, 0.5) is 0 Å². The third-order valence-electron chi connectivity index (χ3n) is 3.28. The van der Waals surface area contributed by atoms with Gasteiger partial charge in [0.2, 0.25) is 0 Å². The van der Waals surface area contributed by atoms with Crippen molar-refractivity contribution in [3.8, 4) is 11.8 Å². The van der Waals surface area contributed by atoms with Gasteiger partial charge in [-0.1, -0.05) is 12.1 Å². The topological polar surface area (TPSA) is 74.2 Å². The maximum absolute atomic E-state index is 12.4. The van der Waals surface area contributed by atoms with E-state index in [1.807, 2.05) is 6.07 Å². The van der Waals surface area contributed by atoms with Crippen LogP contribution in [0.3, 0.4) is 0 Å². The highest BCUT2D eigenvalue weighted by Gasteiger charge is 2.08. The third-order valence-corrected chi connectivity index (χ3v) is 3.28. The van der Waals surface area contributed by atoms with Crippen molar-refractivity contribution in [2.24, 2.45) is 0 Å². The van der Waals surface area contributed by atoms with Gasteiger partial charge in [0.05, 0.1) is 23.3 Å². The summed E-state index contributed by atoms with van der Waals surface area (Å²) in [7, 11) is 0. The second-order valence-corrected chi connectivity index (χ2v) is 4.76. The number of aromatic hydroxyl groups is 1. The van der Waals surface area contributed by atoms with Crippen LogP contribution in [0.1, 0.15) is 16.7 Å². The van der Waals surface area contributed by atoms with Gasteiger partial charge < -0.3 is 9.52 Å². The van der Waals surface area contributed by atoms with Crippen LogP contribution < -0.4 is 5.43 Å². The lowest BCUT2D eigenvalue weighted by Crippen LogP contribution is -2.09. The summed E-state index contributed by atoms with van der Waals surface area (Å²) in [6, 6.07) is 13.6. The summed E-state index contributed by atoms with van der Waals surface area (Å²) < 4.78 is 5.41. The molecule has 0 atom stereocenters. The lowest BCUT2D eigenvalue weighted by atomic mass is 10.0. The number of hydrogen-bond acceptors (Lipinski definition) is 4. The predicted octanol–water partition coefficient (Wildman–Crippen LogP) is 2.96. The van der Waals surface area contributed by atoms with Gasteiger partial charge in [0.1, 0.15) is 11.3 Å². The Labute approximate surface area is 120 Å². The second-order valence-electron chi connectivity index (χ2n) is 4.76. The summed E-state index contributed by atoms with van der Waals surface area (Å²) in [6.07, 6.45) is 1.80. The molecule has 0 unspecified atom stereocenters. The highest BCUT2D eigenvalue weighted by atomic mass is 16.3. The molecule has 0 aliphatic rings. The van der Waals surface area contributed by atoms with Crippen molar-refractivity contribution in [2.75, 3.05) is 0 Å². The number of benzene rings is 2. The van der Waals surface area contributed by atoms with Gasteiger partial charge in [-0.05, 0) is 29.8 Å². The van der Waals surface area contributed by atoms with E-state index in [4.69, 9.17) is 9.68 Å². The van der Waals surface area contributed by atoms with Gasteiger partial charge >= 0.3 is 0 Å². The molecule has 0 fully saturated rings. The highest BCUT2D eigenvalue weighted by Crippen LogP contribution is 2.19. The highest BCUT2D eigenvalue weighted by molar-refractivity contribution is 5.78. The Morgan fingerprint density at radius 3 is 2.86 bits per heavy atom. The molecule has 1 heterocycles. The molecular weight excluding hydrogens is 266 g/mol. The van der Waals surface area contributed by atoms with Crippen molar-refractivity contribution in [3.05, 3.63) is 75.6 Å². The number of phenolic OH excluding ortho intramolecular Hbond substituents is 1. The van der Waals surface area contributed by atoms with Gasteiger partial charge in [0, 0.05) is 18.1 Å². The van der Waals surface area contributed by atoms with Gasteiger partial charge in [-0.2, -0.15) is 5.26 Å². The van der Waals surface area contributed by atoms with Gasteiger partial charge in [-0.25, -0.2) is 0 Å². The third kappa shape index (κ3) is 2.49. The molecule has 102 valence electrons. The molecule has 1 N–H and O–H groups in total. The van der Waals surface area contributed by atoms with Crippen LogP contribution in [0.25, 0.3) is 11.0 Å². The van der Waals surface area contributed by atoms with Gasteiger partial charge in [0.25, 0.3) is 0 Å². The van der Waals surface area contributed by atoms with E-state index in [0.717, 1.165) is 5.56 Å². The molecule has 3 aromatic rings. The van der Waals surface area contributed by atoms with Crippen molar-refractivity contribution >= 4 is 11.0 Å². The lowest BCUT2D eigenvalue weighted by molar-refractivity contribution is 0.474. The Balaban J connectivity index is 2.05. The smallest absolute Gasteiger partial charge is 0.196 e. The van der Waals surface area contributed by atoms with Crippen molar-refractivity contribution in [1.82, 2.24) is 0 Å². The fourth-order valence-corrected chi connectivity index (χ4v) is 2.25. The summed E-state index contributed by atoms with van der Waals surface area (Å²) in [5.74, 6) is 0.0557. The molecule has 0 spiro atoms. The minimum Gasteiger partial charge on any atom is -0.508 e. The predicted molar refractivity (Wildman–Crippen MR) is 78.1 cm³/mol. The number of nitriles is 1. The fourth-order valence-electron chi connectivity index (χ4n) is 2.25. The van der Waals surface area contributed by atoms with Gasteiger partial charge in [-0.3, -0.25) is 4.79 Å². The van der Waals surface area contributed by atoms with E-state index in [1.54, 1.807) is 24.3 Å². The molecule has 0 saturated heterocycles. The molecule has 0 radical (unpaired) electrons. The standard InChI is InChI=1S/C17H11NO3/c18-9-12-3-1-2-11(6-12)7-13-10-21-16-8-14(19)4-5-15(16)17(13)20/h1-6,8,10,19H,7H2. The molecule has 3 rings (SSSR count). The Kier molecular flexibility index (Phi) is 3.17. The monoisotopic (exact) mass is 277 g/mol.